The summed E-state index contributed by atoms with van der Waals surface area (Å²) in [6.45, 7) is 3.71. The van der Waals surface area contributed by atoms with Gasteiger partial charge in [0.2, 0.25) is 0 Å². The topological polar surface area (TPSA) is 42.0 Å². The molecule has 1 heterocycles. The summed E-state index contributed by atoms with van der Waals surface area (Å²) in [6, 6.07) is 0. The van der Waals surface area contributed by atoms with Gasteiger partial charge in [-0.15, -0.1) is 11.3 Å². The van der Waals surface area contributed by atoms with Crippen molar-refractivity contribution in [2.24, 2.45) is 0 Å². The Kier molecular flexibility index (Phi) is 3.90. The fourth-order valence-electron chi connectivity index (χ4n) is 0.640. The molecule has 0 saturated heterocycles. The van der Waals surface area contributed by atoms with Crippen molar-refractivity contribution in [2.45, 2.75) is 0 Å². The van der Waals surface area contributed by atoms with Gasteiger partial charge >= 0.3 is 0 Å². The second kappa shape index (κ2) is 4.74. The van der Waals surface area contributed by atoms with Gasteiger partial charge in [0.05, 0.1) is 12.1 Å². The van der Waals surface area contributed by atoms with Gasteiger partial charge in [0.25, 0.3) is 5.91 Å². The van der Waals surface area contributed by atoms with Crippen LogP contribution in [0.15, 0.2) is 20.9 Å². The van der Waals surface area contributed by atoms with Crippen molar-refractivity contribution < 1.29 is 4.79 Å². The molecule has 0 saturated carbocycles. The van der Waals surface area contributed by atoms with Crippen LogP contribution in [0.5, 0.6) is 0 Å². The van der Waals surface area contributed by atoms with E-state index in [0.29, 0.717) is 14.5 Å². The Labute approximate surface area is 92.9 Å². The van der Waals surface area contributed by atoms with E-state index in [-0.39, 0.29) is 12.5 Å². The lowest BCUT2D eigenvalue weighted by atomic mass is 10.4. The maximum atomic E-state index is 11.3. The molecule has 1 N–H and O–H groups in total. The van der Waals surface area contributed by atoms with E-state index in [1.54, 1.807) is 5.51 Å². The second-order valence-electron chi connectivity index (χ2n) is 2.17. The van der Waals surface area contributed by atoms with E-state index in [0.717, 1.165) is 0 Å². The zero-order valence-electron chi connectivity index (χ0n) is 6.51. The van der Waals surface area contributed by atoms with Crippen LogP contribution in [0.3, 0.4) is 0 Å². The van der Waals surface area contributed by atoms with Crippen molar-refractivity contribution in [1.82, 2.24) is 10.3 Å². The first-order valence-corrected chi connectivity index (χ1v) is 5.36. The number of nitrogens with one attached hydrogen (secondary N) is 1. The van der Waals surface area contributed by atoms with Gasteiger partial charge in [-0.3, -0.25) is 4.79 Å². The normalized spacial score (nSPS) is 9.69. The largest absolute Gasteiger partial charge is 0.346 e. The summed E-state index contributed by atoms with van der Waals surface area (Å²) in [4.78, 5) is 15.2. The van der Waals surface area contributed by atoms with Gasteiger partial charge in [-0.25, -0.2) is 4.98 Å². The zero-order valence-corrected chi connectivity index (χ0v) is 9.67. The van der Waals surface area contributed by atoms with Crippen LogP contribution in [0.4, 0.5) is 0 Å². The molecule has 1 rings (SSSR count). The molecule has 3 nitrogen and oxygen atoms in total. The van der Waals surface area contributed by atoms with Crippen LogP contribution in [-0.2, 0) is 0 Å². The molecule has 0 unspecified atom stereocenters. The lowest BCUT2D eigenvalue weighted by Gasteiger charge is -2.00. The van der Waals surface area contributed by atoms with E-state index in [9.17, 15) is 4.79 Å². The third kappa shape index (κ3) is 3.10. The lowest BCUT2D eigenvalue weighted by molar-refractivity contribution is 0.0952. The highest BCUT2D eigenvalue weighted by Crippen LogP contribution is 2.20. The van der Waals surface area contributed by atoms with E-state index in [1.165, 1.54) is 11.3 Å². The Bertz CT molecular complexity index is 339. The maximum absolute atomic E-state index is 11.3. The molecule has 13 heavy (non-hydrogen) atoms. The minimum absolute atomic E-state index is 0.254. The zero-order chi connectivity index (χ0) is 9.84. The molecule has 0 atom stereocenters. The summed E-state index contributed by atoms with van der Waals surface area (Å²) >= 11 is 10.1. The third-order valence-electron chi connectivity index (χ3n) is 1.18. The Balaban J connectivity index is 2.59. The number of carbonyl (C=O) groups is 1. The minimum atomic E-state index is -0.255. The summed E-state index contributed by atoms with van der Waals surface area (Å²) in [6.07, 6.45) is 0. The predicted octanol–water partition coefficient (Wildman–Crippen LogP) is 2.39. The van der Waals surface area contributed by atoms with Crippen LogP contribution in [0.2, 0.25) is 0 Å². The van der Waals surface area contributed by atoms with Crippen LogP contribution in [-0.4, -0.2) is 17.4 Å². The number of nitrogens with zero attached hydrogens (tertiary/aromatic N) is 1. The van der Waals surface area contributed by atoms with Gasteiger partial charge in [0.15, 0.2) is 5.69 Å². The minimum Gasteiger partial charge on any atom is -0.346 e. The molecule has 0 aromatic carbocycles. The number of rotatable bonds is 3. The monoisotopic (exact) mass is 280 g/mol. The maximum Gasteiger partial charge on any atom is 0.272 e. The van der Waals surface area contributed by atoms with Crippen LogP contribution >= 0.6 is 38.9 Å². The molecule has 0 aliphatic rings. The molecule has 6 heteroatoms. The predicted molar refractivity (Wildman–Crippen MR) is 57.1 cm³/mol. The highest BCUT2D eigenvalue weighted by atomic mass is 79.9. The molecule has 0 spiro atoms. The highest BCUT2D eigenvalue weighted by Gasteiger charge is 2.11. The van der Waals surface area contributed by atoms with Crippen LogP contribution in [0, 0.1) is 0 Å². The van der Waals surface area contributed by atoms with E-state index in [4.69, 9.17) is 11.6 Å². The van der Waals surface area contributed by atoms with E-state index < -0.39 is 0 Å². The number of hydrogen-bond acceptors (Lipinski definition) is 3. The summed E-state index contributed by atoms with van der Waals surface area (Å²) in [5, 5.41) is 2.96. The Morgan fingerprint density at radius 1 is 1.85 bits per heavy atom. The van der Waals surface area contributed by atoms with Gasteiger partial charge in [0, 0.05) is 5.03 Å². The Morgan fingerprint density at radius 2 is 2.54 bits per heavy atom. The van der Waals surface area contributed by atoms with Gasteiger partial charge in [-0.05, 0) is 15.9 Å². The summed E-state index contributed by atoms with van der Waals surface area (Å²) in [7, 11) is 0. The van der Waals surface area contributed by atoms with Crippen molar-refractivity contribution in [3.05, 3.63) is 26.6 Å². The molecular formula is C7H6BrClN2OS. The lowest BCUT2D eigenvalue weighted by Crippen LogP contribution is -2.24. The molecular weight excluding hydrogens is 276 g/mol. The number of halogens is 2. The number of hydrogen-bond donors (Lipinski definition) is 1. The van der Waals surface area contributed by atoms with E-state index in [2.05, 4.69) is 32.8 Å². The fourth-order valence-corrected chi connectivity index (χ4v) is 1.75. The molecule has 0 fully saturated rings. The molecule has 0 aliphatic carbocycles. The summed E-state index contributed by atoms with van der Waals surface area (Å²) in [5.41, 5.74) is 1.97. The van der Waals surface area contributed by atoms with Crippen molar-refractivity contribution >= 4 is 44.8 Å². The van der Waals surface area contributed by atoms with Gasteiger partial charge < -0.3 is 5.32 Å². The van der Waals surface area contributed by atoms with E-state index in [1.807, 2.05) is 0 Å². The van der Waals surface area contributed by atoms with Crippen molar-refractivity contribution in [2.75, 3.05) is 6.54 Å². The molecule has 1 aromatic heterocycles. The van der Waals surface area contributed by atoms with Gasteiger partial charge in [-0.1, -0.05) is 18.2 Å². The Hall–Kier alpha value is -0.390. The molecule has 70 valence electrons. The first-order chi connectivity index (χ1) is 6.11. The molecule has 1 aromatic rings. The first kappa shape index (κ1) is 10.7. The van der Waals surface area contributed by atoms with Crippen LogP contribution < -0.4 is 5.32 Å². The molecule has 0 aliphatic heterocycles. The molecule has 0 bridgehead atoms. The fraction of sp³-hybridized carbons (Fsp3) is 0.143. The number of amides is 1. The third-order valence-corrected chi connectivity index (χ3v) is 2.86. The van der Waals surface area contributed by atoms with Gasteiger partial charge in [0.1, 0.15) is 3.79 Å². The first-order valence-electron chi connectivity index (χ1n) is 3.31. The van der Waals surface area contributed by atoms with Gasteiger partial charge in [-0.2, -0.15) is 0 Å². The Morgan fingerprint density at radius 3 is 3.00 bits per heavy atom. The quantitative estimate of drug-likeness (QED) is 0.924. The van der Waals surface area contributed by atoms with Crippen LogP contribution in [0.25, 0.3) is 0 Å². The second-order valence-corrected chi connectivity index (χ2v) is 4.88. The van der Waals surface area contributed by atoms with E-state index >= 15 is 0 Å². The average molecular weight is 282 g/mol. The number of aromatic nitrogens is 1. The highest BCUT2D eigenvalue weighted by molar-refractivity contribution is 9.11. The summed E-state index contributed by atoms with van der Waals surface area (Å²) < 4.78 is 0.713. The van der Waals surface area contributed by atoms with Crippen molar-refractivity contribution in [3.8, 4) is 0 Å². The summed E-state index contributed by atoms with van der Waals surface area (Å²) in [5.74, 6) is -0.255. The smallest absolute Gasteiger partial charge is 0.272 e. The SMILES string of the molecule is C=C(Cl)CNC(=O)c1ncsc1Br. The van der Waals surface area contributed by atoms with Crippen molar-refractivity contribution in [3.63, 3.8) is 0 Å². The van der Waals surface area contributed by atoms with Crippen LogP contribution in [0.1, 0.15) is 10.5 Å². The van der Waals surface area contributed by atoms with Crippen molar-refractivity contribution in [1.29, 1.82) is 0 Å². The standard InChI is InChI=1S/C7H6BrClN2OS/c1-4(9)2-10-7(12)5-6(8)13-3-11-5/h3H,1-2H2,(H,10,12). The number of thiazole rings is 1. The average Bonchev–Trinajstić information content (AvgIpc) is 2.47. The molecule has 1 amide bonds. The number of carbonyl (C=O) groups excluding carboxylic acids is 1. The molecule has 0 radical (unpaired) electrons.